The van der Waals surface area contributed by atoms with Gasteiger partial charge in [-0.05, 0) is 68.7 Å². The van der Waals surface area contributed by atoms with Crippen LogP contribution in [0.3, 0.4) is 0 Å². The van der Waals surface area contributed by atoms with Gasteiger partial charge in [-0.2, -0.15) is 0 Å². The van der Waals surface area contributed by atoms with Crippen molar-refractivity contribution in [3.05, 3.63) is 69.7 Å². The van der Waals surface area contributed by atoms with Crippen molar-refractivity contribution >= 4 is 39.9 Å². The first kappa shape index (κ1) is 32.5. The smallest absolute Gasteiger partial charge is 0.350 e. The molecule has 1 aliphatic rings. The van der Waals surface area contributed by atoms with Crippen LogP contribution in [0.1, 0.15) is 79.0 Å². The van der Waals surface area contributed by atoms with E-state index in [1.165, 1.54) is 12.0 Å². The van der Waals surface area contributed by atoms with Gasteiger partial charge in [-0.15, -0.1) is 0 Å². The molecule has 1 fully saturated rings. The van der Waals surface area contributed by atoms with E-state index in [1.54, 1.807) is 56.3 Å². The van der Waals surface area contributed by atoms with Gasteiger partial charge in [-0.1, -0.05) is 44.1 Å². The van der Waals surface area contributed by atoms with Crippen LogP contribution in [0.5, 0.6) is 17.2 Å². The Hall–Kier alpha value is -4.38. The molecule has 1 atom stereocenters. The number of amides is 1. The molecule has 1 saturated heterocycles. The lowest BCUT2D eigenvalue weighted by atomic mass is 9.95. The summed E-state index contributed by atoms with van der Waals surface area (Å²) in [5.41, 5.74) is 1.06. The summed E-state index contributed by atoms with van der Waals surface area (Å²) < 4.78 is 22.4. The van der Waals surface area contributed by atoms with E-state index in [0.29, 0.717) is 47.3 Å². The van der Waals surface area contributed by atoms with Gasteiger partial charge < -0.3 is 24.1 Å². The van der Waals surface area contributed by atoms with Crippen LogP contribution in [0.15, 0.2) is 48.0 Å². The molecule has 2 heterocycles. The van der Waals surface area contributed by atoms with Gasteiger partial charge in [0, 0.05) is 5.56 Å². The lowest BCUT2D eigenvalue weighted by Crippen LogP contribution is -2.29. The van der Waals surface area contributed by atoms with E-state index >= 15 is 0 Å². The van der Waals surface area contributed by atoms with E-state index in [-0.39, 0.29) is 27.9 Å². The van der Waals surface area contributed by atoms with Crippen LogP contribution in [0.25, 0.3) is 5.76 Å². The second-order valence-electron chi connectivity index (χ2n) is 10.1. The maximum absolute atomic E-state index is 13.7. The Morgan fingerprint density at radius 2 is 1.66 bits per heavy atom. The van der Waals surface area contributed by atoms with Gasteiger partial charge in [0.05, 0.1) is 44.2 Å². The number of hydrogen-bond acceptors (Lipinski definition) is 10. The highest BCUT2D eigenvalue weighted by Crippen LogP contribution is 2.45. The Balaban J connectivity index is 1.84. The molecule has 1 unspecified atom stereocenters. The number of carbonyl (C=O) groups excluding carboxylic acids is 3. The van der Waals surface area contributed by atoms with Crippen molar-refractivity contribution in [2.24, 2.45) is 0 Å². The summed E-state index contributed by atoms with van der Waals surface area (Å²) in [4.78, 5) is 45.8. The molecule has 0 radical (unpaired) electrons. The number of aliphatic hydroxyl groups is 1. The number of methoxy groups -OCH3 is 1. The van der Waals surface area contributed by atoms with Gasteiger partial charge in [-0.3, -0.25) is 14.5 Å². The van der Waals surface area contributed by atoms with Crippen LogP contribution < -0.4 is 19.1 Å². The fourth-order valence-corrected chi connectivity index (χ4v) is 5.70. The number of Topliss-reactive ketones (excluding diaryl/α,β-unsaturated/α-hetero) is 1. The first-order valence-electron chi connectivity index (χ1n) is 14.7. The standard InChI is InChI=1S/C33H38N2O8S/c1-6-9-17-42-23-14-11-21(12-15-23)28(36)26-27(22-13-16-24(25(19-22)40-5)43-18-10-7-2)35(31(38)29(26)37)33-34-20(4)30(44-33)32(39)41-8-3/h11-16,19,27,36H,6-10,17-18H2,1-5H3/b28-26-. The van der Waals surface area contributed by atoms with Crippen molar-refractivity contribution in [3.63, 3.8) is 0 Å². The first-order chi connectivity index (χ1) is 21.2. The maximum Gasteiger partial charge on any atom is 0.350 e. The Kier molecular flexibility index (Phi) is 11.0. The van der Waals surface area contributed by atoms with Crippen LogP contribution in [0, 0.1) is 6.92 Å². The molecule has 0 spiro atoms. The molecule has 0 aliphatic carbocycles. The highest BCUT2D eigenvalue weighted by atomic mass is 32.1. The number of ketones is 1. The monoisotopic (exact) mass is 622 g/mol. The molecule has 11 heteroatoms. The summed E-state index contributed by atoms with van der Waals surface area (Å²) >= 11 is 0.947. The molecule has 234 valence electrons. The Bertz CT molecular complexity index is 1530. The van der Waals surface area contributed by atoms with Crippen LogP contribution in [-0.4, -0.2) is 54.7 Å². The number of carbonyl (C=O) groups is 3. The van der Waals surface area contributed by atoms with E-state index in [1.807, 2.05) is 0 Å². The lowest BCUT2D eigenvalue weighted by Gasteiger charge is -2.24. The Morgan fingerprint density at radius 1 is 0.977 bits per heavy atom. The Morgan fingerprint density at radius 3 is 2.30 bits per heavy atom. The number of nitrogens with zero attached hydrogens (tertiary/aromatic N) is 2. The SMILES string of the molecule is CCCCOc1ccc(/C(O)=C2/C(=O)C(=O)N(c3nc(C)c(C(=O)OCC)s3)C2c2ccc(OCCCC)c(OC)c2)cc1. The number of unbranched alkanes of at least 4 members (excludes halogenated alkanes) is 2. The molecule has 2 aromatic carbocycles. The summed E-state index contributed by atoms with van der Waals surface area (Å²) in [6, 6.07) is 10.7. The van der Waals surface area contributed by atoms with Crippen molar-refractivity contribution in [2.45, 2.75) is 59.4 Å². The molecule has 3 aromatic rings. The molecule has 1 aliphatic heterocycles. The minimum Gasteiger partial charge on any atom is -0.507 e. The summed E-state index contributed by atoms with van der Waals surface area (Å²) in [5.74, 6) is -1.16. The summed E-state index contributed by atoms with van der Waals surface area (Å²) in [7, 11) is 1.50. The fourth-order valence-electron chi connectivity index (χ4n) is 4.72. The van der Waals surface area contributed by atoms with E-state index in [2.05, 4.69) is 18.8 Å². The number of aromatic nitrogens is 1. The normalized spacial score (nSPS) is 15.8. The number of rotatable bonds is 14. The second-order valence-corrected chi connectivity index (χ2v) is 11.1. The third-order valence-electron chi connectivity index (χ3n) is 7.05. The van der Waals surface area contributed by atoms with Crippen LogP contribution >= 0.6 is 11.3 Å². The minimum atomic E-state index is -1.07. The predicted octanol–water partition coefficient (Wildman–Crippen LogP) is 6.62. The molecule has 44 heavy (non-hydrogen) atoms. The average Bonchev–Trinajstić information content (AvgIpc) is 3.53. The second kappa shape index (κ2) is 14.9. The number of ether oxygens (including phenoxy) is 4. The molecule has 4 rings (SSSR count). The summed E-state index contributed by atoms with van der Waals surface area (Å²) in [6.07, 6.45) is 3.72. The van der Waals surface area contributed by atoms with E-state index in [9.17, 15) is 19.5 Å². The molecular formula is C33H38N2O8S. The molecule has 1 N–H and O–H groups in total. The number of esters is 1. The maximum atomic E-state index is 13.7. The summed E-state index contributed by atoms with van der Waals surface area (Å²) in [5, 5.41) is 11.7. The highest BCUT2D eigenvalue weighted by molar-refractivity contribution is 7.17. The van der Waals surface area contributed by atoms with E-state index in [0.717, 1.165) is 37.0 Å². The van der Waals surface area contributed by atoms with Gasteiger partial charge in [-0.25, -0.2) is 9.78 Å². The number of benzene rings is 2. The highest BCUT2D eigenvalue weighted by Gasteiger charge is 2.48. The van der Waals surface area contributed by atoms with Gasteiger partial charge in [0.15, 0.2) is 16.6 Å². The third-order valence-corrected chi connectivity index (χ3v) is 8.19. The minimum absolute atomic E-state index is 0.123. The van der Waals surface area contributed by atoms with Crippen LogP contribution in [0.2, 0.25) is 0 Å². The zero-order valence-electron chi connectivity index (χ0n) is 25.7. The van der Waals surface area contributed by atoms with Gasteiger partial charge >= 0.3 is 11.9 Å². The van der Waals surface area contributed by atoms with E-state index in [4.69, 9.17) is 18.9 Å². The summed E-state index contributed by atoms with van der Waals surface area (Å²) in [6.45, 7) is 8.70. The topological polar surface area (TPSA) is 124 Å². The zero-order valence-corrected chi connectivity index (χ0v) is 26.5. The number of aryl methyl sites for hydroxylation is 1. The predicted molar refractivity (Wildman–Crippen MR) is 168 cm³/mol. The fraction of sp³-hybridized carbons (Fsp3) is 0.394. The van der Waals surface area contributed by atoms with Crippen molar-refractivity contribution in [2.75, 3.05) is 31.8 Å². The van der Waals surface area contributed by atoms with Gasteiger partial charge in [0.1, 0.15) is 16.4 Å². The van der Waals surface area contributed by atoms with Crippen molar-refractivity contribution in [1.82, 2.24) is 4.98 Å². The van der Waals surface area contributed by atoms with Gasteiger partial charge in [0.25, 0.3) is 5.78 Å². The molecule has 0 bridgehead atoms. The number of aliphatic hydroxyl groups excluding tert-OH is 1. The average molecular weight is 623 g/mol. The largest absolute Gasteiger partial charge is 0.507 e. The van der Waals surface area contributed by atoms with Crippen LogP contribution in [0.4, 0.5) is 5.13 Å². The molecule has 1 aromatic heterocycles. The third kappa shape index (κ3) is 6.88. The van der Waals surface area contributed by atoms with Crippen molar-refractivity contribution in [3.8, 4) is 17.2 Å². The van der Waals surface area contributed by atoms with Crippen LogP contribution in [-0.2, 0) is 14.3 Å². The molecule has 1 amide bonds. The van der Waals surface area contributed by atoms with Crippen molar-refractivity contribution < 1.29 is 38.4 Å². The zero-order chi connectivity index (χ0) is 31.8. The number of thiazole rings is 1. The number of hydrogen-bond donors (Lipinski definition) is 1. The molecule has 10 nitrogen and oxygen atoms in total. The first-order valence-corrected chi connectivity index (χ1v) is 15.6. The Labute approximate surface area is 261 Å². The van der Waals surface area contributed by atoms with E-state index < -0.39 is 23.7 Å². The number of anilines is 1. The van der Waals surface area contributed by atoms with Gasteiger partial charge in [0.2, 0.25) is 0 Å². The molecular weight excluding hydrogens is 584 g/mol. The van der Waals surface area contributed by atoms with Crippen molar-refractivity contribution in [1.29, 1.82) is 0 Å². The lowest BCUT2D eigenvalue weighted by molar-refractivity contribution is -0.132. The quantitative estimate of drug-likeness (QED) is 0.0694. The molecule has 0 saturated carbocycles.